The minimum atomic E-state index is -3.63. The first-order valence-corrected chi connectivity index (χ1v) is 8.42. The predicted molar refractivity (Wildman–Crippen MR) is 74.5 cm³/mol. The summed E-state index contributed by atoms with van der Waals surface area (Å²) >= 11 is 0.962. The summed E-state index contributed by atoms with van der Waals surface area (Å²) in [5, 5.41) is 10.5. The van der Waals surface area contributed by atoms with Gasteiger partial charge in [0.15, 0.2) is 9.34 Å². The van der Waals surface area contributed by atoms with Gasteiger partial charge >= 0.3 is 0 Å². The highest BCUT2D eigenvalue weighted by Crippen LogP contribution is 2.33. The molecule has 1 aromatic heterocycles. The van der Waals surface area contributed by atoms with Crippen molar-refractivity contribution in [2.75, 3.05) is 19.3 Å². The highest BCUT2D eigenvalue weighted by atomic mass is 32.2. The average Bonchev–Trinajstić information content (AvgIpc) is 2.85. The zero-order valence-corrected chi connectivity index (χ0v) is 12.7. The first kappa shape index (κ1) is 14.7. The second-order valence-electron chi connectivity index (χ2n) is 5.12. The number of sulfonamides is 1. The van der Waals surface area contributed by atoms with Crippen molar-refractivity contribution in [3.05, 3.63) is 5.69 Å². The van der Waals surface area contributed by atoms with E-state index in [4.69, 9.17) is 5.73 Å². The van der Waals surface area contributed by atoms with Gasteiger partial charge in [-0.05, 0) is 19.8 Å². The number of nitrogens with two attached hydrogens (primary N) is 1. The highest BCUT2D eigenvalue weighted by Gasteiger charge is 2.36. The number of rotatable bonds is 4. The van der Waals surface area contributed by atoms with Crippen LogP contribution in [0.15, 0.2) is 4.21 Å². The molecule has 0 unspecified atom stereocenters. The van der Waals surface area contributed by atoms with Gasteiger partial charge in [-0.25, -0.2) is 13.4 Å². The second-order valence-corrected chi connectivity index (χ2v) is 8.39. The number of aliphatic hydroxyl groups is 1. The van der Waals surface area contributed by atoms with E-state index >= 15 is 0 Å². The summed E-state index contributed by atoms with van der Waals surface area (Å²) in [5.41, 5.74) is 5.05. The lowest BCUT2D eigenvalue weighted by atomic mass is 10.0. The Morgan fingerprint density at radius 3 is 2.53 bits per heavy atom. The molecule has 6 nitrogen and oxygen atoms in total. The maximum absolute atomic E-state index is 12.4. The fourth-order valence-electron chi connectivity index (χ4n) is 2.47. The molecule has 2 rings (SSSR count). The van der Waals surface area contributed by atoms with E-state index in [1.165, 1.54) is 11.4 Å². The number of nitrogen functional groups attached to an aromatic ring is 1. The van der Waals surface area contributed by atoms with Crippen LogP contribution in [-0.4, -0.2) is 42.0 Å². The topological polar surface area (TPSA) is 96.5 Å². The van der Waals surface area contributed by atoms with Gasteiger partial charge in [-0.2, -0.15) is 4.31 Å². The van der Waals surface area contributed by atoms with Crippen LogP contribution in [0, 0.1) is 6.92 Å². The second kappa shape index (κ2) is 5.01. The van der Waals surface area contributed by atoms with Gasteiger partial charge in [-0.1, -0.05) is 24.2 Å². The molecule has 1 saturated carbocycles. The van der Waals surface area contributed by atoms with Gasteiger partial charge in [0.05, 0.1) is 11.3 Å². The molecule has 0 amide bonds. The molecule has 1 aliphatic carbocycles. The lowest BCUT2D eigenvalue weighted by molar-refractivity contribution is 0.0334. The fourth-order valence-corrected chi connectivity index (χ4v) is 5.21. The van der Waals surface area contributed by atoms with Crippen molar-refractivity contribution in [1.29, 1.82) is 0 Å². The third-order valence-corrected chi connectivity index (χ3v) is 6.84. The summed E-state index contributed by atoms with van der Waals surface area (Å²) in [5.74, 6) is 0. The smallest absolute Gasteiger partial charge is 0.254 e. The number of thiazole rings is 1. The Morgan fingerprint density at radius 1 is 1.47 bits per heavy atom. The maximum Gasteiger partial charge on any atom is 0.254 e. The third kappa shape index (κ3) is 2.91. The van der Waals surface area contributed by atoms with E-state index in [0.717, 1.165) is 24.2 Å². The molecular formula is C11H19N3O3S2. The Kier molecular flexibility index (Phi) is 3.87. The molecule has 0 radical (unpaired) electrons. The Balaban J connectivity index is 2.22. The summed E-state index contributed by atoms with van der Waals surface area (Å²) in [6.07, 6.45) is 3.18. The minimum absolute atomic E-state index is 0.118. The van der Waals surface area contributed by atoms with Gasteiger partial charge in [0.25, 0.3) is 10.0 Å². The van der Waals surface area contributed by atoms with Gasteiger partial charge in [0.1, 0.15) is 0 Å². The Hall–Kier alpha value is -0.700. The van der Waals surface area contributed by atoms with Crippen molar-refractivity contribution in [1.82, 2.24) is 9.29 Å². The minimum Gasteiger partial charge on any atom is -0.389 e. The molecule has 0 saturated heterocycles. The van der Waals surface area contributed by atoms with Crippen LogP contribution in [0.3, 0.4) is 0 Å². The number of nitrogens with zero attached hydrogens (tertiary/aromatic N) is 2. The molecule has 8 heteroatoms. The molecule has 1 heterocycles. The summed E-state index contributed by atoms with van der Waals surface area (Å²) in [7, 11) is -2.14. The van der Waals surface area contributed by atoms with Crippen molar-refractivity contribution in [3.8, 4) is 0 Å². The molecule has 3 N–H and O–H groups in total. The van der Waals surface area contributed by atoms with Crippen molar-refractivity contribution in [2.24, 2.45) is 0 Å². The van der Waals surface area contributed by atoms with Gasteiger partial charge in [0, 0.05) is 13.6 Å². The monoisotopic (exact) mass is 305 g/mol. The molecular weight excluding hydrogens is 286 g/mol. The maximum atomic E-state index is 12.4. The molecule has 1 fully saturated rings. The first-order chi connectivity index (χ1) is 8.74. The number of aromatic nitrogens is 1. The average molecular weight is 305 g/mol. The Bertz CT molecular complexity index is 562. The quantitative estimate of drug-likeness (QED) is 0.863. The molecule has 1 aliphatic rings. The van der Waals surface area contributed by atoms with Crippen molar-refractivity contribution in [2.45, 2.75) is 42.4 Å². The fraction of sp³-hybridized carbons (Fsp3) is 0.727. The summed E-state index contributed by atoms with van der Waals surface area (Å²) in [6.45, 7) is 1.74. The third-order valence-electron chi connectivity index (χ3n) is 3.47. The van der Waals surface area contributed by atoms with Gasteiger partial charge < -0.3 is 10.8 Å². The number of hydrogen-bond acceptors (Lipinski definition) is 6. The highest BCUT2D eigenvalue weighted by molar-refractivity contribution is 7.91. The van der Waals surface area contributed by atoms with Crippen LogP contribution in [-0.2, 0) is 10.0 Å². The number of hydrogen-bond donors (Lipinski definition) is 2. The zero-order valence-electron chi connectivity index (χ0n) is 11.1. The largest absolute Gasteiger partial charge is 0.389 e. The van der Waals surface area contributed by atoms with Gasteiger partial charge in [0.2, 0.25) is 0 Å². The van der Waals surface area contributed by atoms with Crippen molar-refractivity contribution < 1.29 is 13.5 Å². The molecule has 19 heavy (non-hydrogen) atoms. The normalized spacial score (nSPS) is 19.2. The van der Waals surface area contributed by atoms with Gasteiger partial charge in [-0.3, -0.25) is 0 Å². The van der Waals surface area contributed by atoms with E-state index in [9.17, 15) is 13.5 Å². The lowest BCUT2D eigenvalue weighted by Crippen LogP contribution is -2.41. The van der Waals surface area contributed by atoms with E-state index in [2.05, 4.69) is 4.98 Å². The van der Waals surface area contributed by atoms with E-state index in [-0.39, 0.29) is 15.9 Å². The molecule has 0 spiro atoms. The summed E-state index contributed by atoms with van der Waals surface area (Å²) in [6, 6.07) is 0. The van der Waals surface area contributed by atoms with Crippen LogP contribution < -0.4 is 5.73 Å². The SMILES string of the molecule is Cc1nc(N)sc1S(=O)(=O)N(C)CC1(O)CCCC1. The lowest BCUT2D eigenvalue weighted by Gasteiger charge is -2.27. The van der Waals surface area contributed by atoms with Crippen molar-refractivity contribution >= 4 is 26.5 Å². The molecule has 108 valence electrons. The summed E-state index contributed by atoms with van der Waals surface area (Å²) < 4.78 is 26.2. The van der Waals surface area contributed by atoms with Crippen molar-refractivity contribution in [3.63, 3.8) is 0 Å². The van der Waals surface area contributed by atoms with Crippen LogP contribution >= 0.6 is 11.3 Å². The number of likely N-dealkylation sites (N-methyl/N-ethyl adjacent to an activating group) is 1. The van der Waals surface area contributed by atoms with Crippen LogP contribution in [0.4, 0.5) is 5.13 Å². The molecule has 0 atom stereocenters. The Labute approximate surface area is 117 Å². The van der Waals surface area contributed by atoms with Crippen LogP contribution in [0.1, 0.15) is 31.4 Å². The molecule has 0 aliphatic heterocycles. The van der Waals surface area contributed by atoms with E-state index < -0.39 is 15.6 Å². The standard InChI is InChI=1S/C11H19N3O3S2/c1-8-9(18-10(12)13-8)19(16,17)14(2)7-11(15)5-3-4-6-11/h15H,3-7H2,1-2H3,(H2,12,13). The van der Waals surface area contributed by atoms with Crippen LogP contribution in [0.2, 0.25) is 0 Å². The first-order valence-electron chi connectivity index (χ1n) is 6.16. The molecule has 1 aromatic rings. The number of aryl methyl sites for hydroxylation is 1. The van der Waals surface area contributed by atoms with E-state index in [1.54, 1.807) is 6.92 Å². The van der Waals surface area contributed by atoms with Crippen LogP contribution in [0.5, 0.6) is 0 Å². The molecule has 0 bridgehead atoms. The van der Waals surface area contributed by atoms with Gasteiger partial charge in [-0.15, -0.1) is 0 Å². The zero-order chi connectivity index (χ0) is 14.3. The predicted octanol–water partition coefficient (Wildman–Crippen LogP) is 0.959. The summed E-state index contributed by atoms with van der Waals surface area (Å²) in [4.78, 5) is 3.94. The number of anilines is 1. The Morgan fingerprint density at radius 2 is 2.05 bits per heavy atom. The van der Waals surface area contributed by atoms with E-state index in [1.807, 2.05) is 0 Å². The van der Waals surface area contributed by atoms with Crippen LogP contribution in [0.25, 0.3) is 0 Å². The molecule has 0 aromatic carbocycles. The van der Waals surface area contributed by atoms with E-state index in [0.29, 0.717) is 18.5 Å².